The molecular weight excluding hydrogens is 172 g/mol. The minimum atomic E-state index is 0.189. The van der Waals surface area contributed by atoms with Gasteiger partial charge in [0.1, 0.15) is 6.29 Å². The highest BCUT2D eigenvalue weighted by atomic mass is 16.1. The first-order valence-electron chi connectivity index (χ1n) is 5.47. The molecule has 0 aliphatic rings. The van der Waals surface area contributed by atoms with Crippen LogP contribution in [-0.2, 0) is 4.79 Å². The molecule has 0 radical (unpaired) electrons. The summed E-state index contributed by atoms with van der Waals surface area (Å²) in [6.07, 6.45) is 8.25. The highest BCUT2D eigenvalue weighted by molar-refractivity contribution is 5.49. The quantitative estimate of drug-likeness (QED) is 0.480. The number of hydrogen-bond acceptors (Lipinski definition) is 1. The van der Waals surface area contributed by atoms with Gasteiger partial charge in [-0.2, -0.15) is 0 Å². The van der Waals surface area contributed by atoms with Gasteiger partial charge in [0.25, 0.3) is 0 Å². The highest BCUT2D eigenvalue weighted by Crippen LogP contribution is 2.30. The average molecular weight is 196 g/mol. The van der Waals surface area contributed by atoms with E-state index in [1.54, 1.807) is 0 Å². The molecule has 0 aromatic rings. The third-order valence-electron chi connectivity index (χ3n) is 2.63. The second kappa shape index (κ2) is 5.33. The van der Waals surface area contributed by atoms with Crippen molar-refractivity contribution in [3.8, 4) is 0 Å². The molecule has 0 saturated heterocycles. The van der Waals surface area contributed by atoms with E-state index in [2.05, 4.69) is 46.8 Å². The van der Waals surface area contributed by atoms with Crippen molar-refractivity contribution in [1.82, 2.24) is 0 Å². The van der Waals surface area contributed by atoms with Crippen LogP contribution >= 0.6 is 0 Å². The lowest BCUT2D eigenvalue weighted by Crippen LogP contribution is -2.13. The third kappa shape index (κ3) is 5.95. The largest absolute Gasteiger partial charge is 0.303 e. The monoisotopic (exact) mass is 196 g/mol. The van der Waals surface area contributed by atoms with Crippen LogP contribution in [0, 0.1) is 10.8 Å². The molecular formula is C13H24O. The maximum absolute atomic E-state index is 10.3. The number of carbonyl (C=O) groups excluding carboxylic acids is 1. The summed E-state index contributed by atoms with van der Waals surface area (Å²) in [7, 11) is 0. The Labute approximate surface area is 88.6 Å². The first kappa shape index (κ1) is 13.4. The van der Waals surface area contributed by atoms with E-state index in [1.807, 2.05) is 0 Å². The van der Waals surface area contributed by atoms with E-state index in [4.69, 9.17) is 0 Å². The van der Waals surface area contributed by atoms with Gasteiger partial charge >= 0.3 is 0 Å². The van der Waals surface area contributed by atoms with Gasteiger partial charge in [0.2, 0.25) is 0 Å². The fraction of sp³-hybridized carbons (Fsp3) is 0.769. The topological polar surface area (TPSA) is 17.1 Å². The summed E-state index contributed by atoms with van der Waals surface area (Å²) in [6.45, 7) is 11.0. The standard InChI is InChI=1S/C13H24O/c1-6-13(5,8-7-11-14)10-9-12(2,3)4/h9-11H,6-8H2,1-5H3/b10-9+/t13-/m1/s1. The zero-order valence-electron chi connectivity index (χ0n) is 10.3. The van der Waals surface area contributed by atoms with Crippen LogP contribution in [0.3, 0.4) is 0 Å². The molecule has 0 heterocycles. The second-order valence-electron chi connectivity index (χ2n) is 5.41. The lowest BCUT2D eigenvalue weighted by molar-refractivity contribution is -0.108. The number of aldehydes is 1. The first-order chi connectivity index (χ1) is 6.33. The summed E-state index contributed by atoms with van der Waals surface area (Å²) in [5.41, 5.74) is 0.422. The van der Waals surface area contributed by atoms with E-state index < -0.39 is 0 Å². The van der Waals surface area contributed by atoms with E-state index in [1.165, 1.54) is 0 Å². The molecule has 0 aromatic heterocycles. The van der Waals surface area contributed by atoms with Gasteiger partial charge in [-0.1, -0.05) is 46.8 Å². The normalized spacial score (nSPS) is 16.9. The first-order valence-corrected chi connectivity index (χ1v) is 5.47. The summed E-state index contributed by atoms with van der Waals surface area (Å²) >= 11 is 0. The van der Waals surface area contributed by atoms with E-state index in [0.29, 0.717) is 6.42 Å². The maximum Gasteiger partial charge on any atom is 0.120 e. The summed E-state index contributed by atoms with van der Waals surface area (Å²) in [4.78, 5) is 10.3. The predicted molar refractivity (Wildman–Crippen MR) is 62.3 cm³/mol. The molecule has 0 aromatic carbocycles. The van der Waals surface area contributed by atoms with Gasteiger partial charge in [-0.3, -0.25) is 0 Å². The third-order valence-corrected chi connectivity index (χ3v) is 2.63. The minimum absolute atomic E-state index is 0.189. The van der Waals surface area contributed by atoms with Crippen LogP contribution in [-0.4, -0.2) is 6.29 Å². The molecule has 0 spiro atoms. The van der Waals surface area contributed by atoms with Gasteiger partial charge in [0, 0.05) is 6.42 Å². The summed E-state index contributed by atoms with van der Waals surface area (Å²) in [5.74, 6) is 0. The summed E-state index contributed by atoms with van der Waals surface area (Å²) < 4.78 is 0. The fourth-order valence-electron chi connectivity index (χ4n) is 1.22. The summed E-state index contributed by atoms with van der Waals surface area (Å²) in [6, 6.07) is 0. The SMILES string of the molecule is CC[C@@](C)(/C=C/C(C)(C)C)CCC=O. The molecule has 0 fully saturated rings. The van der Waals surface area contributed by atoms with Crippen molar-refractivity contribution in [3.63, 3.8) is 0 Å². The maximum atomic E-state index is 10.3. The Hall–Kier alpha value is -0.590. The van der Waals surface area contributed by atoms with Crippen molar-refractivity contribution in [3.05, 3.63) is 12.2 Å². The number of hydrogen-bond donors (Lipinski definition) is 0. The Morgan fingerprint density at radius 3 is 2.00 bits per heavy atom. The molecule has 0 aliphatic heterocycles. The molecule has 1 atom stereocenters. The van der Waals surface area contributed by atoms with Crippen molar-refractivity contribution in [1.29, 1.82) is 0 Å². The van der Waals surface area contributed by atoms with Crippen LogP contribution in [0.5, 0.6) is 0 Å². The number of allylic oxidation sites excluding steroid dienone is 2. The fourth-order valence-corrected chi connectivity index (χ4v) is 1.22. The Bertz CT molecular complexity index is 198. The number of rotatable bonds is 5. The van der Waals surface area contributed by atoms with Gasteiger partial charge in [-0.15, -0.1) is 0 Å². The van der Waals surface area contributed by atoms with Crippen LogP contribution in [0.15, 0.2) is 12.2 Å². The van der Waals surface area contributed by atoms with Crippen molar-refractivity contribution in [2.24, 2.45) is 10.8 Å². The van der Waals surface area contributed by atoms with Crippen LogP contribution in [0.1, 0.15) is 53.9 Å². The smallest absolute Gasteiger partial charge is 0.120 e. The lowest BCUT2D eigenvalue weighted by Gasteiger charge is -2.25. The van der Waals surface area contributed by atoms with Crippen LogP contribution in [0.4, 0.5) is 0 Å². The molecule has 0 aliphatic carbocycles. The van der Waals surface area contributed by atoms with E-state index >= 15 is 0 Å². The lowest BCUT2D eigenvalue weighted by atomic mass is 9.80. The van der Waals surface area contributed by atoms with Gasteiger partial charge < -0.3 is 4.79 Å². The summed E-state index contributed by atoms with van der Waals surface area (Å²) in [5, 5.41) is 0. The Morgan fingerprint density at radius 1 is 1.07 bits per heavy atom. The molecule has 82 valence electrons. The molecule has 0 unspecified atom stereocenters. The van der Waals surface area contributed by atoms with Crippen molar-refractivity contribution in [2.45, 2.75) is 53.9 Å². The predicted octanol–water partition coefficient (Wildman–Crippen LogP) is 3.98. The molecule has 14 heavy (non-hydrogen) atoms. The van der Waals surface area contributed by atoms with Crippen LogP contribution in [0.25, 0.3) is 0 Å². The van der Waals surface area contributed by atoms with E-state index in [9.17, 15) is 4.79 Å². The van der Waals surface area contributed by atoms with Crippen LogP contribution < -0.4 is 0 Å². The Morgan fingerprint density at radius 2 is 1.64 bits per heavy atom. The average Bonchev–Trinajstić information content (AvgIpc) is 2.10. The minimum Gasteiger partial charge on any atom is -0.303 e. The number of carbonyl (C=O) groups is 1. The molecule has 0 saturated carbocycles. The molecule has 0 amide bonds. The van der Waals surface area contributed by atoms with Gasteiger partial charge in [0.05, 0.1) is 0 Å². The van der Waals surface area contributed by atoms with Crippen molar-refractivity contribution < 1.29 is 4.79 Å². The molecule has 0 N–H and O–H groups in total. The van der Waals surface area contributed by atoms with Gasteiger partial charge in [0.15, 0.2) is 0 Å². The van der Waals surface area contributed by atoms with Gasteiger partial charge in [-0.25, -0.2) is 0 Å². The molecule has 0 rings (SSSR count). The second-order valence-corrected chi connectivity index (χ2v) is 5.41. The van der Waals surface area contributed by atoms with Crippen molar-refractivity contribution >= 4 is 6.29 Å². The van der Waals surface area contributed by atoms with E-state index in [0.717, 1.165) is 19.1 Å². The Kier molecular flexibility index (Phi) is 5.11. The van der Waals surface area contributed by atoms with Crippen molar-refractivity contribution in [2.75, 3.05) is 0 Å². The highest BCUT2D eigenvalue weighted by Gasteiger charge is 2.18. The van der Waals surface area contributed by atoms with Crippen LogP contribution in [0.2, 0.25) is 0 Å². The van der Waals surface area contributed by atoms with Gasteiger partial charge in [-0.05, 0) is 23.7 Å². The molecule has 0 bridgehead atoms. The molecule has 1 heteroatoms. The Balaban J connectivity index is 4.38. The zero-order chi connectivity index (χ0) is 11.2. The zero-order valence-corrected chi connectivity index (χ0v) is 10.3. The molecule has 1 nitrogen and oxygen atoms in total. The van der Waals surface area contributed by atoms with E-state index in [-0.39, 0.29) is 10.8 Å².